The maximum absolute atomic E-state index is 13.4. The van der Waals surface area contributed by atoms with Crippen LogP contribution in [0.1, 0.15) is 42.5 Å². The third-order valence-electron chi connectivity index (χ3n) is 4.04. The van der Waals surface area contributed by atoms with Crippen molar-refractivity contribution in [3.8, 4) is 0 Å². The van der Waals surface area contributed by atoms with Crippen molar-refractivity contribution < 1.29 is 19.4 Å². The van der Waals surface area contributed by atoms with Crippen molar-refractivity contribution >= 4 is 22.5 Å². The Bertz CT molecular complexity index is 718. The molecular formula is C18H24FN3O3. The Labute approximate surface area is 145 Å². The van der Waals surface area contributed by atoms with E-state index in [9.17, 15) is 9.18 Å². The summed E-state index contributed by atoms with van der Waals surface area (Å²) in [6, 6.07) is 3.93. The van der Waals surface area contributed by atoms with E-state index in [0.717, 1.165) is 18.9 Å². The smallest absolute Gasteiger partial charge is 0.252 e. The minimum absolute atomic E-state index is 0.0359. The van der Waals surface area contributed by atoms with Gasteiger partial charge in [0.05, 0.1) is 18.3 Å². The second kappa shape index (κ2) is 9.29. The topological polar surface area (TPSA) is 108 Å². The number of pyridine rings is 1. The summed E-state index contributed by atoms with van der Waals surface area (Å²) < 4.78 is 13.4. The Hall–Kier alpha value is -2.25. The molecule has 0 radical (unpaired) electrons. The number of anilines is 1. The minimum atomic E-state index is -0.525. The van der Waals surface area contributed by atoms with E-state index in [1.807, 2.05) is 0 Å². The summed E-state index contributed by atoms with van der Waals surface area (Å²) in [6.45, 7) is -0.0694. The van der Waals surface area contributed by atoms with Crippen LogP contribution >= 0.6 is 0 Å². The molecule has 1 fully saturated rings. The van der Waals surface area contributed by atoms with Gasteiger partial charge in [-0.05, 0) is 36.4 Å². The lowest BCUT2D eigenvalue weighted by Gasteiger charge is -2.14. The van der Waals surface area contributed by atoms with Gasteiger partial charge in [0.2, 0.25) is 0 Å². The monoisotopic (exact) mass is 349 g/mol. The third-order valence-corrected chi connectivity index (χ3v) is 4.04. The molecule has 0 bridgehead atoms. The van der Waals surface area contributed by atoms with Crippen molar-refractivity contribution in [2.75, 3.05) is 18.9 Å². The lowest BCUT2D eigenvalue weighted by Crippen LogP contribution is -2.26. The Kier molecular flexibility index (Phi) is 7.09. The van der Waals surface area contributed by atoms with Crippen LogP contribution in [0.5, 0.6) is 0 Å². The number of benzene rings is 1. The summed E-state index contributed by atoms with van der Waals surface area (Å²) in [6.07, 6.45) is 7.34. The molecule has 1 heterocycles. The highest BCUT2D eigenvalue weighted by Gasteiger charge is 2.12. The number of nitrogens with one attached hydrogen (secondary N) is 1. The molecule has 6 nitrogen and oxygen atoms in total. The number of nitrogens with zero attached hydrogens (tertiary/aromatic N) is 1. The molecule has 2 aromatic rings. The van der Waals surface area contributed by atoms with Gasteiger partial charge >= 0.3 is 0 Å². The van der Waals surface area contributed by atoms with Crippen LogP contribution in [-0.2, 0) is 0 Å². The van der Waals surface area contributed by atoms with E-state index in [1.165, 1.54) is 37.6 Å². The standard InChI is InChI=1S/C12H12FN3O2.C6H12O/c13-8-3-7-6-16-11(14)5-9(7)10(4-8)12(18)15-1-2-17;7-6-4-2-1-3-5-6/h3-6,17H,1-2H2,(H2,14,16)(H,15,18);6-7H,1-5H2. The number of hydrogen-bond acceptors (Lipinski definition) is 5. The second-order valence-corrected chi connectivity index (χ2v) is 6.05. The number of aliphatic hydroxyl groups is 2. The van der Waals surface area contributed by atoms with E-state index in [2.05, 4.69) is 10.3 Å². The van der Waals surface area contributed by atoms with Gasteiger partial charge < -0.3 is 21.3 Å². The van der Waals surface area contributed by atoms with Crippen molar-refractivity contribution in [1.82, 2.24) is 10.3 Å². The first kappa shape index (κ1) is 19.1. The van der Waals surface area contributed by atoms with Crippen LogP contribution in [0.2, 0.25) is 0 Å². The Balaban J connectivity index is 0.000000269. The molecule has 25 heavy (non-hydrogen) atoms. The van der Waals surface area contributed by atoms with Gasteiger partial charge in [0.25, 0.3) is 5.91 Å². The fourth-order valence-electron chi connectivity index (χ4n) is 2.77. The van der Waals surface area contributed by atoms with Gasteiger partial charge in [-0.15, -0.1) is 0 Å². The minimum Gasteiger partial charge on any atom is -0.395 e. The number of amides is 1. The lowest BCUT2D eigenvalue weighted by atomic mass is 9.98. The fourth-order valence-corrected chi connectivity index (χ4v) is 2.77. The lowest BCUT2D eigenvalue weighted by molar-refractivity contribution is 0.0946. The fraction of sp³-hybridized carbons (Fsp3) is 0.444. The molecule has 3 rings (SSSR count). The highest BCUT2D eigenvalue weighted by atomic mass is 19.1. The van der Waals surface area contributed by atoms with Crippen molar-refractivity contribution in [3.05, 3.63) is 35.8 Å². The number of fused-ring (bicyclic) bond motifs is 1. The molecule has 0 atom stereocenters. The predicted octanol–water partition coefficient (Wildman–Crippen LogP) is 1.99. The number of rotatable bonds is 3. The molecule has 1 saturated carbocycles. The SMILES string of the molecule is Nc1cc2c(C(=O)NCCO)cc(F)cc2cn1.OC1CCCCC1. The number of nitrogen functional groups attached to an aromatic ring is 1. The molecule has 0 spiro atoms. The van der Waals surface area contributed by atoms with E-state index in [-0.39, 0.29) is 30.6 Å². The maximum atomic E-state index is 13.4. The number of halogens is 1. The van der Waals surface area contributed by atoms with Crippen molar-refractivity contribution in [2.45, 2.75) is 38.2 Å². The number of aliphatic hydroxyl groups excluding tert-OH is 2. The van der Waals surface area contributed by atoms with Gasteiger partial charge in [-0.1, -0.05) is 19.3 Å². The summed E-state index contributed by atoms with van der Waals surface area (Å²) in [5, 5.41) is 21.1. The first-order chi connectivity index (χ1) is 12.0. The average Bonchev–Trinajstić information content (AvgIpc) is 2.60. The van der Waals surface area contributed by atoms with Crippen LogP contribution in [-0.4, -0.2) is 40.4 Å². The molecule has 1 amide bonds. The van der Waals surface area contributed by atoms with Crippen LogP contribution in [0, 0.1) is 5.82 Å². The molecule has 1 aromatic carbocycles. The zero-order valence-corrected chi connectivity index (χ0v) is 14.0. The summed E-state index contributed by atoms with van der Waals surface area (Å²) in [4.78, 5) is 15.7. The molecule has 136 valence electrons. The molecule has 1 aromatic heterocycles. The number of carbonyl (C=O) groups excluding carboxylic acids is 1. The van der Waals surface area contributed by atoms with Crippen LogP contribution in [0.4, 0.5) is 10.2 Å². The zero-order valence-electron chi connectivity index (χ0n) is 14.0. The molecule has 1 aliphatic carbocycles. The summed E-state index contributed by atoms with van der Waals surface area (Å²) in [5.41, 5.74) is 5.73. The van der Waals surface area contributed by atoms with Gasteiger partial charge in [-0.2, -0.15) is 0 Å². The molecular weight excluding hydrogens is 325 g/mol. The molecule has 5 N–H and O–H groups in total. The third kappa shape index (κ3) is 5.65. The first-order valence-electron chi connectivity index (χ1n) is 8.43. The average molecular weight is 349 g/mol. The second-order valence-electron chi connectivity index (χ2n) is 6.05. The molecule has 7 heteroatoms. The first-order valence-corrected chi connectivity index (χ1v) is 8.43. The molecule has 1 aliphatic rings. The van der Waals surface area contributed by atoms with Gasteiger partial charge in [-0.25, -0.2) is 9.37 Å². The predicted molar refractivity (Wildman–Crippen MR) is 94.6 cm³/mol. The summed E-state index contributed by atoms with van der Waals surface area (Å²) >= 11 is 0. The van der Waals surface area contributed by atoms with Crippen molar-refractivity contribution in [1.29, 1.82) is 0 Å². The van der Waals surface area contributed by atoms with Gasteiger partial charge in [0, 0.05) is 18.1 Å². The highest BCUT2D eigenvalue weighted by molar-refractivity contribution is 6.07. The van der Waals surface area contributed by atoms with E-state index in [4.69, 9.17) is 15.9 Å². The van der Waals surface area contributed by atoms with Crippen molar-refractivity contribution in [2.24, 2.45) is 0 Å². The van der Waals surface area contributed by atoms with Crippen LogP contribution in [0.25, 0.3) is 10.8 Å². The molecule has 0 aliphatic heterocycles. The number of carbonyl (C=O) groups is 1. The Morgan fingerprint density at radius 3 is 2.60 bits per heavy atom. The zero-order chi connectivity index (χ0) is 18.2. The Morgan fingerprint density at radius 1 is 1.28 bits per heavy atom. The summed E-state index contributed by atoms with van der Waals surface area (Å²) in [7, 11) is 0. The van der Waals surface area contributed by atoms with E-state index in [1.54, 1.807) is 0 Å². The molecule has 0 unspecified atom stereocenters. The van der Waals surface area contributed by atoms with Crippen molar-refractivity contribution in [3.63, 3.8) is 0 Å². The Morgan fingerprint density at radius 2 is 2.00 bits per heavy atom. The van der Waals surface area contributed by atoms with E-state index < -0.39 is 11.7 Å². The van der Waals surface area contributed by atoms with Gasteiger partial charge in [-0.3, -0.25) is 4.79 Å². The number of hydrogen-bond donors (Lipinski definition) is 4. The quantitative estimate of drug-likeness (QED) is 0.678. The van der Waals surface area contributed by atoms with Crippen LogP contribution in [0.3, 0.4) is 0 Å². The van der Waals surface area contributed by atoms with Gasteiger partial charge in [0.15, 0.2) is 0 Å². The highest BCUT2D eigenvalue weighted by Crippen LogP contribution is 2.21. The maximum Gasteiger partial charge on any atom is 0.252 e. The van der Waals surface area contributed by atoms with E-state index >= 15 is 0 Å². The normalized spacial score (nSPS) is 14.7. The molecule has 0 saturated heterocycles. The largest absolute Gasteiger partial charge is 0.395 e. The number of aromatic nitrogens is 1. The number of nitrogens with two attached hydrogens (primary N) is 1. The van der Waals surface area contributed by atoms with E-state index in [0.29, 0.717) is 10.8 Å². The summed E-state index contributed by atoms with van der Waals surface area (Å²) in [5.74, 6) is -0.729. The van der Waals surface area contributed by atoms with Crippen LogP contribution in [0.15, 0.2) is 24.4 Å². The van der Waals surface area contributed by atoms with Crippen LogP contribution < -0.4 is 11.1 Å². The van der Waals surface area contributed by atoms with Gasteiger partial charge in [0.1, 0.15) is 11.6 Å².